The van der Waals surface area contributed by atoms with Gasteiger partial charge in [-0.15, -0.1) is 0 Å². The second kappa shape index (κ2) is 7.97. The maximum Gasteiger partial charge on any atom is 0.263 e. The fourth-order valence-electron chi connectivity index (χ4n) is 3.57. The van der Waals surface area contributed by atoms with Gasteiger partial charge in [-0.05, 0) is 53.1 Å². The summed E-state index contributed by atoms with van der Waals surface area (Å²) in [7, 11) is 0. The molecule has 3 aromatic carbocycles. The number of phenolic OH excluding ortho intramolecular Hbond substituents is 3. The Kier molecular flexibility index (Phi) is 5.19. The Hall–Kier alpha value is -4.10. The summed E-state index contributed by atoms with van der Waals surface area (Å²) in [6.45, 7) is 0. The van der Waals surface area contributed by atoms with Gasteiger partial charge in [0, 0.05) is 5.57 Å². The zero-order valence-corrected chi connectivity index (χ0v) is 16.3. The van der Waals surface area contributed by atoms with Crippen LogP contribution in [0.5, 0.6) is 17.2 Å². The number of carbonyl (C=O) groups excluding carboxylic acids is 2. The Morgan fingerprint density at radius 3 is 1.71 bits per heavy atom. The summed E-state index contributed by atoms with van der Waals surface area (Å²) in [6.07, 6.45) is -1.67. The van der Waals surface area contributed by atoms with Crippen LogP contribution in [0, 0.1) is 0 Å². The lowest BCUT2D eigenvalue weighted by molar-refractivity contribution is -0.147. The zero-order chi connectivity index (χ0) is 22.1. The fourth-order valence-corrected chi connectivity index (χ4v) is 3.57. The van der Waals surface area contributed by atoms with E-state index in [1.807, 2.05) is 0 Å². The number of nitrogens with zero attached hydrogens (tertiary/aromatic N) is 1. The predicted octanol–water partition coefficient (Wildman–Crippen LogP) is 2.64. The molecule has 31 heavy (non-hydrogen) atoms. The number of aliphatic hydroxyl groups excluding tert-OH is 1. The Morgan fingerprint density at radius 2 is 1.19 bits per heavy atom. The molecule has 1 aliphatic rings. The van der Waals surface area contributed by atoms with Crippen LogP contribution in [0.1, 0.15) is 16.7 Å². The lowest BCUT2D eigenvalue weighted by Gasteiger charge is -2.21. The number of amides is 2. The average molecular weight is 417 g/mol. The van der Waals surface area contributed by atoms with Crippen LogP contribution in [0.15, 0.2) is 72.8 Å². The van der Waals surface area contributed by atoms with Crippen LogP contribution in [-0.4, -0.2) is 43.4 Å². The highest BCUT2D eigenvalue weighted by Crippen LogP contribution is 2.39. The molecule has 0 saturated heterocycles. The van der Waals surface area contributed by atoms with Crippen LogP contribution in [0.25, 0.3) is 11.1 Å². The van der Waals surface area contributed by atoms with Crippen molar-refractivity contribution in [3.63, 3.8) is 0 Å². The molecule has 4 N–H and O–H groups in total. The molecule has 0 unspecified atom stereocenters. The molecule has 0 fully saturated rings. The van der Waals surface area contributed by atoms with Gasteiger partial charge >= 0.3 is 0 Å². The molecule has 1 atom stereocenters. The summed E-state index contributed by atoms with van der Waals surface area (Å²) in [5.41, 5.74) is 1.85. The molecule has 7 nitrogen and oxygen atoms in total. The number of imide groups is 1. The van der Waals surface area contributed by atoms with E-state index in [2.05, 4.69) is 0 Å². The summed E-state index contributed by atoms with van der Waals surface area (Å²) in [6, 6.07) is 17.8. The summed E-state index contributed by atoms with van der Waals surface area (Å²) in [5.74, 6) is -1.17. The highest BCUT2D eigenvalue weighted by Gasteiger charge is 2.42. The minimum atomic E-state index is -1.52. The summed E-state index contributed by atoms with van der Waals surface area (Å²) in [4.78, 5) is 27.0. The monoisotopic (exact) mass is 417 g/mol. The molecule has 0 aromatic heterocycles. The van der Waals surface area contributed by atoms with Crippen molar-refractivity contribution in [1.29, 1.82) is 0 Å². The first-order chi connectivity index (χ1) is 14.8. The van der Waals surface area contributed by atoms with Gasteiger partial charge in [-0.25, -0.2) is 4.90 Å². The van der Waals surface area contributed by atoms with E-state index in [-0.39, 0.29) is 34.8 Å². The van der Waals surface area contributed by atoms with Crippen LogP contribution in [0.4, 0.5) is 0 Å². The Balaban J connectivity index is 1.75. The van der Waals surface area contributed by atoms with Crippen molar-refractivity contribution >= 4 is 23.0 Å². The van der Waals surface area contributed by atoms with Gasteiger partial charge in [-0.1, -0.05) is 36.4 Å². The second-order valence-corrected chi connectivity index (χ2v) is 7.17. The van der Waals surface area contributed by atoms with Crippen LogP contribution >= 0.6 is 0 Å². The van der Waals surface area contributed by atoms with Gasteiger partial charge in [-0.2, -0.15) is 0 Å². The average Bonchev–Trinajstić information content (AvgIpc) is 3.01. The zero-order valence-electron chi connectivity index (χ0n) is 16.3. The standard InChI is InChI=1S/C24H19NO6/c26-17-7-1-14(2-8-17)13-20(29)25-23(30)21(15-3-9-18(27)10-4-15)22(24(25)31)16-5-11-19(28)12-6-16/h1-12,23,26-28,30H,13H2/t23-/m0/s1. The maximum absolute atomic E-state index is 13.3. The lowest BCUT2D eigenvalue weighted by Crippen LogP contribution is -2.41. The lowest BCUT2D eigenvalue weighted by atomic mass is 9.96. The van der Waals surface area contributed by atoms with Gasteiger partial charge < -0.3 is 20.4 Å². The molecule has 3 aromatic rings. The Morgan fingerprint density at radius 1 is 0.742 bits per heavy atom. The number of hydrogen-bond acceptors (Lipinski definition) is 6. The molecular weight excluding hydrogens is 398 g/mol. The van der Waals surface area contributed by atoms with Crippen LogP contribution < -0.4 is 0 Å². The van der Waals surface area contributed by atoms with Gasteiger partial charge in [-0.3, -0.25) is 9.59 Å². The third kappa shape index (κ3) is 3.86. The number of aromatic hydroxyl groups is 3. The molecular formula is C24H19NO6. The van der Waals surface area contributed by atoms with E-state index in [4.69, 9.17) is 0 Å². The van der Waals surface area contributed by atoms with Gasteiger partial charge in [0.15, 0.2) is 6.23 Å². The molecule has 0 bridgehead atoms. The van der Waals surface area contributed by atoms with Gasteiger partial charge in [0.2, 0.25) is 5.91 Å². The topological polar surface area (TPSA) is 118 Å². The third-order valence-corrected chi connectivity index (χ3v) is 5.10. The normalized spacial score (nSPS) is 16.1. The SMILES string of the molecule is O=C(Cc1ccc(O)cc1)N1C(=O)C(c2ccc(O)cc2)=C(c2ccc(O)cc2)[C@@H]1O. The molecule has 156 valence electrons. The number of aliphatic hydroxyl groups is 1. The first-order valence-electron chi connectivity index (χ1n) is 9.50. The van der Waals surface area contributed by atoms with E-state index in [1.54, 1.807) is 24.3 Å². The van der Waals surface area contributed by atoms with Crippen molar-refractivity contribution in [3.8, 4) is 17.2 Å². The minimum Gasteiger partial charge on any atom is -0.508 e. The van der Waals surface area contributed by atoms with Crippen LogP contribution in [-0.2, 0) is 16.0 Å². The quantitative estimate of drug-likeness (QED) is 0.518. The summed E-state index contributed by atoms with van der Waals surface area (Å²) < 4.78 is 0. The van der Waals surface area contributed by atoms with Crippen molar-refractivity contribution < 1.29 is 30.0 Å². The third-order valence-electron chi connectivity index (χ3n) is 5.10. The molecule has 7 heteroatoms. The van der Waals surface area contributed by atoms with E-state index in [0.29, 0.717) is 16.7 Å². The Labute approximate surface area is 177 Å². The minimum absolute atomic E-state index is 0.0155. The van der Waals surface area contributed by atoms with E-state index in [9.17, 15) is 30.0 Å². The molecule has 0 saturated carbocycles. The number of carbonyl (C=O) groups is 2. The number of hydrogen-bond donors (Lipinski definition) is 4. The smallest absolute Gasteiger partial charge is 0.263 e. The molecule has 0 radical (unpaired) electrons. The number of rotatable bonds is 4. The molecule has 4 rings (SSSR count). The maximum atomic E-state index is 13.3. The molecule has 0 aliphatic carbocycles. The van der Waals surface area contributed by atoms with Crippen molar-refractivity contribution in [2.24, 2.45) is 0 Å². The van der Waals surface area contributed by atoms with Crippen LogP contribution in [0.2, 0.25) is 0 Å². The fraction of sp³-hybridized carbons (Fsp3) is 0.0833. The van der Waals surface area contributed by atoms with E-state index < -0.39 is 18.0 Å². The second-order valence-electron chi connectivity index (χ2n) is 7.17. The molecule has 2 amide bonds. The highest BCUT2D eigenvalue weighted by atomic mass is 16.3. The first kappa shape index (κ1) is 20.2. The number of benzene rings is 3. The largest absolute Gasteiger partial charge is 0.508 e. The van der Waals surface area contributed by atoms with E-state index in [0.717, 1.165) is 4.90 Å². The molecule has 1 aliphatic heterocycles. The van der Waals surface area contributed by atoms with Gasteiger partial charge in [0.05, 0.1) is 12.0 Å². The van der Waals surface area contributed by atoms with Gasteiger partial charge in [0.25, 0.3) is 5.91 Å². The molecule has 0 spiro atoms. The van der Waals surface area contributed by atoms with Crippen molar-refractivity contribution in [3.05, 3.63) is 89.5 Å². The summed E-state index contributed by atoms with van der Waals surface area (Å²) in [5, 5.41) is 39.6. The van der Waals surface area contributed by atoms with E-state index >= 15 is 0 Å². The van der Waals surface area contributed by atoms with Crippen LogP contribution in [0.3, 0.4) is 0 Å². The van der Waals surface area contributed by atoms with E-state index in [1.165, 1.54) is 48.5 Å². The van der Waals surface area contributed by atoms with Crippen molar-refractivity contribution in [2.75, 3.05) is 0 Å². The predicted molar refractivity (Wildman–Crippen MR) is 113 cm³/mol. The first-order valence-corrected chi connectivity index (χ1v) is 9.50. The highest BCUT2D eigenvalue weighted by molar-refractivity contribution is 6.34. The molecule has 1 heterocycles. The Bertz CT molecular complexity index is 1160. The van der Waals surface area contributed by atoms with Crippen molar-refractivity contribution in [2.45, 2.75) is 12.6 Å². The number of phenols is 3. The van der Waals surface area contributed by atoms with Gasteiger partial charge in [0.1, 0.15) is 17.2 Å². The van der Waals surface area contributed by atoms with Crippen molar-refractivity contribution in [1.82, 2.24) is 4.90 Å². The summed E-state index contributed by atoms with van der Waals surface area (Å²) >= 11 is 0.